The SMILES string of the molecule is O=C(O)c1ccc([C@H]2CCCN2)o1. The Morgan fingerprint density at radius 2 is 2.46 bits per heavy atom. The van der Waals surface area contributed by atoms with Crippen LogP contribution in [-0.2, 0) is 0 Å². The lowest BCUT2D eigenvalue weighted by atomic mass is 10.2. The zero-order valence-corrected chi connectivity index (χ0v) is 7.12. The summed E-state index contributed by atoms with van der Waals surface area (Å²) in [6.07, 6.45) is 2.14. The van der Waals surface area contributed by atoms with Crippen molar-refractivity contribution in [3.63, 3.8) is 0 Å². The van der Waals surface area contributed by atoms with Gasteiger partial charge in [-0.1, -0.05) is 0 Å². The lowest BCUT2D eigenvalue weighted by molar-refractivity contribution is 0.0659. The number of aromatic carboxylic acids is 1. The Kier molecular flexibility index (Phi) is 2.06. The largest absolute Gasteiger partial charge is 0.475 e. The number of furan rings is 1. The molecule has 2 rings (SSSR count). The first-order chi connectivity index (χ1) is 6.27. The molecule has 0 aliphatic carbocycles. The average molecular weight is 181 g/mol. The maximum Gasteiger partial charge on any atom is 0.371 e. The highest BCUT2D eigenvalue weighted by Gasteiger charge is 2.20. The summed E-state index contributed by atoms with van der Waals surface area (Å²) in [4.78, 5) is 10.5. The summed E-state index contributed by atoms with van der Waals surface area (Å²) < 4.78 is 5.17. The molecule has 1 saturated heterocycles. The molecule has 1 aliphatic rings. The average Bonchev–Trinajstić information content (AvgIpc) is 2.75. The molecule has 70 valence electrons. The first-order valence-electron chi connectivity index (χ1n) is 4.34. The molecule has 0 aromatic carbocycles. The van der Waals surface area contributed by atoms with Crippen molar-refractivity contribution < 1.29 is 14.3 Å². The number of rotatable bonds is 2. The Hall–Kier alpha value is -1.29. The van der Waals surface area contributed by atoms with E-state index in [2.05, 4.69) is 5.32 Å². The summed E-state index contributed by atoms with van der Waals surface area (Å²) in [6.45, 7) is 0.980. The highest BCUT2D eigenvalue weighted by molar-refractivity contribution is 5.84. The molecule has 0 radical (unpaired) electrons. The molecule has 0 saturated carbocycles. The normalized spacial score (nSPS) is 22.0. The van der Waals surface area contributed by atoms with Crippen molar-refractivity contribution in [2.75, 3.05) is 6.54 Å². The minimum atomic E-state index is -1.01. The Morgan fingerprint density at radius 3 is 3.00 bits per heavy atom. The molecule has 1 aliphatic heterocycles. The summed E-state index contributed by atoms with van der Waals surface area (Å²) in [6, 6.07) is 3.43. The highest BCUT2D eigenvalue weighted by Crippen LogP contribution is 2.24. The van der Waals surface area contributed by atoms with E-state index in [9.17, 15) is 4.79 Å². The molecular weight excluding hydrogens is 170 g/mol. The predicted octanol–water partition coefficient (Wildman–Crippen LogP) is 1.40. The molecule has 0 bridgehead atoms. The molecular formula is C9H11NO3. The number of carbonyl (C=O) groups is 1. The molecule has 1 aromatic heterocycles. The molecule has 2 heterocycles. The quantitative estimate of drug-likeness (QED) is 0.724. The highest BCUT2D eigenvalue weighted by atomic mass is 16.4. The van der Waals surface area contributed by atoms with Crippen LogP contribution in [0.4, 0.5) is 0 Å². The predicted molar refractivity (Wildman–Crippen MR) is 45.6 cm³/mol. The summed E-state index contributed by atoms with van der Waals surface area (Å²) in [7, 11) is 0. The monoisotopic (exact) mass is 181 g/mol. The van der Waals surface area contributed by atoms with Gasteiger partial charge in [-0.05, 0) is 31.5 Å². The van der Waals surface area contributed by atoms with Crippen molar-refractivity contribution in [2.24, 2.45) is 0 Å². The third-order valence-electron chi connectivity index (χ3n) is 2.24. The smallest absolute Gasteiger partial charge is 0.371 e. The fourth-order valence-electron chi connectivity index (χ4n) is 1.58. The van der Waals surface area contributed by atoms with E-state index < -0.39 is 5.97 Å². The zero-order valence-electron chi connectivity index (χ0n) is 7.12. The molecule has 0 unspecified atom stereocenters. The molecule has 4 nitrogen and oxygen atoms in total. The maximum atomic E-state index is 10.5. The van der Waals surface area contributed by atoms with Crippen LogP contribution in [0.15, 0.2) is 16.5 Å². The summed E-state index contributed by atoms with van der Waals surface area (Å²) in [5, 5.41) is 11.9. The lowest BCUT2D eigenvalue weighted by Crippen LogP contribution is -2.11. The van der Waals surface area contributed by atoms with Gasteiger partial charge in [0, 0.05) is 0 Å². The second kappa shape index (κ2) is 3.22. The Balaban J connectivity index is 2.16. The molecule has 0 amide bonds. The molecule has 1 fully saturated rings. The molecule has 0 spiro atoms. The van der Waals surface area contributed by atoms with E-state index in [1.165, 1.54) is 6.07 Å². The molecule has 2 N–H and O–H groups in total. The van der Waals surface area contributed by atoms with Crippen LogP contribution in [0.5, 0.6) is 0 Å². The van der Waals surface area contributed by atoms with E-state index in [0.717, 1.165) is 25.1 Å². The Bertz CT molecular complexity index is 312. The van der Waals surface area contributed by atoms with Gasteiger partial charge in [-0.3, -0.25) is 0 Å². The number of hydrogen-bond acceptors (Lipinski definition) is 3. The van der Waals surface area contributed by atoms with Crippen molar-refractivity contribution in [1.82, 2.24) is 5.32 Å². The molecule has 1 aromatic rings. The second-order valence-corrected chi connectivity index (χ2v) is 3.16. The lowest BCUT2D eigenvalue weighted by Gasteiger charge is -2.04. The van der Waals surface area contributed by atoms with Crippen LogP contribution < -0.4 is 5.32 Å². The van der Waals surface area contributed by atoms with Gasteiger partial charge >= 0.3 is 5.97 Å². The minimum absolute atomic E-state index is 0.0173. The van der Waals surface area contributed by atoms with E-state index in [1.807, 2.05) is 0 Å². The van der Waals surface area contributed by atoms with Crippen LogP contribution in [0.1, 0.15) is 35.2 Å². The number of carboxylic acid groups (broad SMARTS) is 1. The number of nitrogens with one attached hydrogen (secondary N) is 1. The van der Waals surface area contributed by atoms with Gasteiger partial charge in [-0.2, -0.15) is 0 Å². The topological polar surface area (TPSA) is 62.5 Å². The van der Waals surface area contributed by atoms with Crippen molar-refractivity contribution in [3.8, 4) is 0 Å². The maximum absolute atomic E-state index is 10.5. The van der Waals surface area contributed by atoms with E-state index in [-0.39, 0.29) is 11.8 Å². The van der Waals surface area contributed by atoms with Gasteiger partial charge in [0.25, 0.3) is 0 Å². The van der Waals surface area contributed by atoms with E-state index in [1.54, 1.807) is 6.07 Å². The third kappa shape index (κ3) is 1.58. The first kappa shape index (κ1) is 8.31. The summed E-state index contributed by atoms with van der Waals surface area (Å²) >= 11 is 0. The van der Waals surface area contributed by atoms with Crippen molar-refractivity contribution in [1.29, 1.82) is 0 Å². The Labute approximate surface area is 75.6 Å². The van der Waals surface area contributed by atoms with Crippen LogP contribution in [0.3, 0.4) is 0 Å². The van der Waals surface area contributed by atoms with Crippen molar-refractivity contribution in [3.05, 3.63) is 23.7 Å². The van der Waals surface area contributed by atoms with Gasteiger partial charge in [-0.25, -0.2) is 4.79 Å². The Morgan fingerprint density at radius 1 is 1.62 bits per heavy atom. The van der Waals surface area contributed by atoms with Gasteiger partial charge in [-0.15, -0.1) is 0 Å². The fraction of sp³-hybridized carbons (Fsp3) is 0.444. The van der Waals surface area contributed by atoms with Gasteiger partial charge < -0.3 is 14.8 Å². The standard InChI is InChI=1S/C9H11NO3/c11-9(12)8-4-3-7(13-8)6-2-1-5-10-6/h3-4,6,10H,1-2,5H2,(H,11,12)/t6-/m1/s1. The van der Waals surface area contributed by atoms with Crippen molar-refractivity contribution >= 4 is 5.97 Å². The molecule has 4 heteroatoms. The fourth-order valence-corrected chi connectivity index (χ4v) is 1.58. The van der Waals surface area contributed by atoms with Gasteiger partial charge in [0.05, 0.1) is 6.04 Å². The third-order valence-corrected chi connectivity index (χ3v) is 2.24. The van der Waals surface area contributed by atoms with E-state index in [0.29, 0.717) is 0 Å². The van der Waals surface area contributed by atoms with Crippen LogP contribution in [-0.4, -0.2) is 17.6 Å². The van der Waals surface area contributed by atoms with Gasteiger partial charge in [0.15, 0.2) is 0 Å². The second-order valence-electron chi connectivity index (χ2n) is 3.16. The van der Waals surface area contributed by atoms with E-state index in [4.69, 9.17) is 9.52 Å². The minimum Gasteiger partial charge on any atom is -0.475 e. The van der Waals surface area contributed by atoms with Crippen molar-refractivity contribution in [2.45, 2.75) is 18.9 Å². The van der Waals surface area contributed by atoms with Crippen LogP contribution in [0.2, 0.25) is 0 Å². The number of carboxylic acids is 1. The zero-order chi connectivity index (χ0) is 9.26. The van der Waals surface area contributed by atoms with Gasteiger partial charge in [0.1, 0.15) is 5.76 Å². The first-order valence-corrected chi connectivity index (χ1v) is 4.34. The van der Waals surface area contributed by atoms with Gasteiger partial charge in [0.2, 0.25) is 5.76 Å². The van der Waals surface area contributed by atoms with Crippen LogP contribution in [0, 0.1) is 0 Å². The van der Waals surface area contributed by atoms with E-state index >= 15 is 0 Å². The molecule has 13 heavy (non-hydrogen) atoms. The summed E-state index contributed by atoms with van der Waals surface area (Å²) in [5.41, 5.74) is 0. The van der Waals surface area contributed by atoms with Crippen LogP contribution >= 0.6 is 0 Å². The summed E-state index contributed by atoms with van der Waals surface area (Å²) in [5.74, 6) is -0.261. The molecule has 1 atom stereocenters. The number of hydrogen-bond donors (Lipinski definition) is 2. The van der Waals surface area contributed by atoms with Crippen LogP contribution in [0.25, 0.3) is 0 Å².